The van der Waals surface area contributed by atoms with Crippen LogP contribution in [0.2, 0.25) is 0 Å². The fourth-order valence-electron chi connectivity index (χ4n) is 1.52. The van der Waals surface area contributed by atoms with Crippen molar-refractivity contribution >= 4 is 0 Å². The van der Waals surface area contributed by atoms with Crippen LogP contribution in [-0.2, 0) is 4.84 Å². The monoisotopic (exact) mass is 237 g/mol. The molecule has 0 unspecified atom stereocenters. The Hall–Kier alpha value is -2.48. The van der Waals surface area contributed by atoms with Gasteiger partial charge in [-0.25, -0.2) is 5.48 Å². The summed E-state index contributed by atoms with van der Waals surface area (Å²) in [5.41, 5.74) is 5.07. The van der Waals surface area contributed by atoms with Crippen molar-refractivity contribution in [2.45, 2.75) is 0 Å². The Balaban J connectivity index is 0.000000169. The van der Waals surface area contributed by atoms with Gasteiger partial charge in [0.25, 0.3) is 0 Å². The van der Waals surface area contributed by atoms with Crippen molar-refractivity contribution in [2.24, 2.45) is 0 Å². The van der Waals surface area contributed by atoms with Crippen LogP contribution in [0.15, 0.2) is 85.3 Å². The maximum atomic E-state index is 4.55. The first-order valence-electron chi connectivity index (χ1n) is 5.80. The fourth-order valence-corrected chi connectivity index (χ4v) is 1.52. The normalized spacial score (nSPS) is 11.8. The molecule has 0 saturated carbocycles. The number of benzene rings is 2. The number of allylic oxidation sites excluding steroid dienone is 2. The lowest BCUT2D eigenvalue weighted by Gasteiger charge is -1.98. The minimum absolute atomic E-state index is 1.28. The molecular weight excluding hydrogens is 222 g/mol. The molecule has 0 fully saturated rings. The molecule has 2 heteroatoms. The van der Waals surface area contributed by atoms with Crippen molar-refractivity contribution in [2.75, 3.05) is 0 Å². The van der Waals surface area contributed by atoms with E-state index in [4.69, 9.17) is 0 Å². The van der Waals surface area contributed by atoms with E-state index in [9.17, 15) is 0 Å². The molecule has 0 saturated heterocycles. The molecule has 1 heterocycles. The minimum atomic E-state index is 1.28. The van der Waals surface area contributed by atoms with Gasteiger partial charge in [-0.05, 0) is 23.3 Å². The number of hydrogen-bond acceptors (Lipinski definition) is 2. The first-order valence-corrected chi connectivity index (χ1v) is 5.80. The lowest BCUT2D eigenvalue weighted by atomic mass is 10.1. The molecule has 2 aromatic carbocycles. The average molecular weight is 237 g/mol. The van der Waals surface area contributed by atoms with E-state index in [1.807, 2.05) is 18.2 Å². The van der Waals surface area contributed by atoms with Gasteiger partial charge in [-0.15, -0.1) is 0 Å². The van der Waals surface area contributed by atoms with E-state index in [1.165, 1.54) is 11.1 Å². The highest BCUT2D eigenvalue weighted by atomic mass is 16.6. The van der Waals surface area contributed by atoms with Crippen LogP contribution in [0, 0.1) is 0 Å². The zero-order chi connectivity index (χ0) is 12.5. The van der Waals surface area contributed by atoms with Crippen LogP contribution in [0.3, 0.4) is 0 Å². The van der Waals surface area contributed by atoms with E-state index in [2.05, 4.69) is 58.8 Å². The standard InChI is InChI=1S/C12H10.C4H5NO/c1-3-7-11(8-4-1)12-9-5-2-6-10-12;1-2-4-6-5-3-1/h1-10H;1-5H. The van der Waals surface area contributed by atoms with Crippen molar-refractivity contribution in [1.29, 1.82) is 0 Å². The lowest BCUT2D eigenvalue weighted by Crippen LogP contribution is -2.01. The van der Waals surface area contributed by atoms with Crippen LogP contribution in [0.25, 0.3) is 11.1 Å². The van der Waals surface area contributed by atoms with Crippen LogP contribution in [0.1, 0.15) is 0 Å². The summed E-state index contributed by atoms with van der Waals surface area (Å²) in [6.45, 7) is 0. The molecule has 0 aromatic heterocycles. The van der Waals surface area contributed by atoms with E-state index in [0.29, 0.717) is 0 Å². The van der Waals surface area contributed by atoms with Gasteiger partial charge < -0.3 is 4.84 Å². The van der Waals surface area contributed by atoms with Gasteiger partial charge in [0.2, 0.25) is 0 Å². The molecule has 2 nitrogen and oxygen atoms in total. The van der Waals surface area contributed by atoms with E-state index in [1.54, 1.807) is 18.5 Å². The van der Waals surface area contributed by atoms with Crippen LogP contribution in [0.5, 0.6) is 0 Å². The summed E-state index contributed by atoms with van der Waals surface area (Å²) in [7, 11) is 0. The van der Waals surface area contributed by atoms with Crippen LogP contribution >= 0.6 is 0 Å². The highest BCUT2D eigenvalue weighted by Crippen LogP contribution is 2.17. The van der Waals surface area contributed by atoms with Gasteiger partial charge in [-0.3, -0.25) is 0 Å². The molecule has 2 aromatic rings. The Morgan fingerprint density at radius 2 is 1.22 bits per heavy atom. The van der Waals surface area contributed by atoms with Gasteiger partial charge >= 0.3 is 0 Å². The van der Waals surface area contributed by atoms with Crippen molar-refractivity contribution in [1.82, 2.24) is 5.48 Å². The summed E-state index contributed by atoms with van der Waals surface area (Å²) in [4.78, 5) is 4.55. The summed E-state index contributed by atoms with van der Waals surface area (Å²) >= 11 is 0. The predicted octanol–water partition coefficient (Wildman–Crippen LogP) is 3.90. The van der Waals surface area contributed by atoms with Gasteiger partial charge in [0.1, 0.15) is 6.26 Å². The summed E-state index contributed by atoms with van der Waals surface area (Å²) < 4.78 is 0. The summed E-state index contributed by atoms with van der Waals surface area (Å²) in [6, 6.07) is 20.8. The molecule has 0 bridgehead atoms. The highest BCUT2D eigenvalue weighted by Gasteiger charge is 1.91. The first kappa shape index (κ1) is 12.0. The van der Waals surface area contributed by atoms with Crippen LogP contribution in [0.4, 0.5) is 0 Å². The second kappa shape index (κ2) is 6.97. The van der Waals surface area contributed by atoms with Gasteiger partial charge in [-0.2, -0.15) is 0 Å². The van der Waals surface area contributed by atoms with Gasteiger partial charge in [-0.1, -0.05) is 60.7 Å². The Morgan fingerprint density at radius 3 is 1.50 bits per heavy atom. The smallest absolute Gasteiger partial charge is 0.119 e. The molecule has 0 radical (unpaired) electrons. The summed E-state index contributed by atoms with van der Waals surface area (Å²) in [5.74, 6) is 0. The lowest BCUT2D eigenvalue weighted by molar-refractivity contribution is 0.172. The molecule has 3 rings (SSSR count). The molecule has 0 atom stereocenters. The Labute approximate surface area is 107 Å². The molecule has 1 N–H and O–H groups in total. The van der Waals surface area contributed by atoms with Crippen molar-refractivity contribution in [3.05, 3.63) is 85.3 Å². The molecule has 1 aliphatic rings. The summed E-state index contributed by atoms with van der Waals surface area (Å²) in [5, 5.41) is 0. The maximum absolute atomic E-state index is 4.55. The van der Waals surface area contributed by atoms with Crippen LogP contribution < -0.4 is 5.48 Å². The largest absolute Gasteiger partial charge is 0.391 e. The maximum Gasteiger partial charge on any atom is 0.119 e. The van der Waals surface area contributed by atoms with Gasteiger partial charge in [0.05, 0.1) is 0 Å². The van der Waals surface area contributed by atoms with Crippen LogP contribution in [-0.4, -0.2) is 0 Å². The minimum Gasteiger partial charge on any atom is -0.391 e. The predicted molar refractivity (Wildman–Crippen MR) is 74.4 cm³/mol. The van der Waals surface area contributed by atoms with Gasteiger partial charge in [0.15, 0.2) is 0 Å². The zero-order valence-corrected chi connectivity index (χ0v) is 9.99. The molecule has 0 aliphatic carbocycles. The Bertz CT molecular complexity index is 454. The van der Waals surface area contributed by atoms with Crippen molar-refractivity contribution in [3.63, 3.8) is 0 Å². The molecule has 0 spiro atoms. The number of hydrogen-bond donors (Lipinski definition) is 1. The van der Waals surface area contributed by atoms with Gasteiger partial charge in [0, 0.05) is 6.20 Å². The third-order valence-corrected chi connectivity index (χ3v) is 2.37. The zero-order valence-electron chi connectivity index (χ0n) is 9.99. The molecule has 90 valence electrons. The molecule has 0 amide bonds. The fraction of sp³-hybridized carbons (Fsp3) is 0. The van der Waals surface area contributed by atoms with E-state index >= 15 is 0 Å². The quantitative estimate of drug-likeness (QED) is 0.812. The molecule has 18 heavy (non-hydrogen) atoms. The number of hydroxylamine groups is 1. The van der Waals surface area contributed by atoms with E-state index < -0.39 is 0 Å². The molecule has 1 aliphatic heterocycles. The third kappa shape index (κ3) is 3.83. The highest BCUT2D eigenvalue weighted by molar-refractivity contribution is 5.62. The second-order valence-electron chi connectivity index (χ2n) is 3.66. The van der Waals surface area contributed by atoms with E-state index in [-0.39, 0.29) is 0 Å². The molecular formula is C16H15NO. The Morgan fingerprint density at radius 1 is 0.667 bits per heavy atom. The van der Waals surface area contributed by atoms with Crippen molar-refractivity contribution < 1.29 is 4.84 Å². The SMILES string of the molecule is C1=CNOC=C1.c1ccc(-c2ccccc2)cc1. The third-order valence-electron chi connectivity index (χ3n) is 2.37. The Kier molecular flexibility index (Phi) is 4.64. The first-order chi connectivity index (χ1) is 8.97. The topological polar surface area (TPSA) is 21.3 Å². The van der Waals surface area contributed by atoms with E-state index in [0.717, 1.165) is 0 Å². The number of rotatable bonds is 1. The second-order valence-corrected chi connectivity index (χ2v) is 3.66. The van der Waals surface area contributed by atoms with Crippen molar-refractivity contribution in [3.8, 4) is 11.1 Å². The summed E-state index contributed by atoms with van der Waals surface area (Å²) in [6.07, 6.45) is 6.93. The number of nitrogens with one attached hydrogen (secondary N) is 1. The average Bonchev–Trinajstić information content (AvgIpc) is 2.51.